The second kappa shape index (κ2) is 2.47. The van der Waals surface area contributed by atoms with Gasteiger partial charge in [-0.2, -0.15) is 0 Å². The Morgan fingerprint density at radius 3 is 2.55 bits per heavy atom. The van der Waals surface area contributed by atoms with Crippen LogP contribution in [0.15, 0.2) is 24.3 Å². The van der Waals surface area contributed by atoms with Crippen molar-refractivity contribution in [2.24, 2.45) is 0 Å². The van der Waals surface area contributed by atoms with Crippen LogP contribution in [0.3, 0.4) is 0 Å². The molecular formula is C9H13NO. The molecule has 2 heteroatoms. The fraction of sp³-hybridized carbons (Fsp3) is 0.556. The largest absolute Gasteiger partial charge is 0.372 e. The van der Waals surface area contributed by atoms with Gasteiger partial charge in [-0.25, -0.2) is 0 Å². The van der Waals surface area contributed by atoms with E-state index in [-0.39, 0.29) is 0 Å². The predicted molar refractivity (Wildman–Crippen MR) is 44.0 cm³/mol. The minimum atomic E-state index is -0.660. The van der Waals surface area contributed by atoms with E-state index >= 15 is 0 Å². The maximum Gasteiger partial charge on any atom is 0.141 e. The summed E-state index contributed by atoms with van der Waals surface area (Å²) in [6, 6.07) is 0. The lowest BCUT2D eigenvalue weighted by molar-refractivity contribution is -0.0977. The zero-order valence-corrected chi connectivity index (χ0v) is 6.53. The maximum atomic E-state index is 9.98. The maximum absolute atomic E-state index is 9.98. The van der Waals surface area contributed by atoms with E-state index in [2.05, 4.69) is 4.90 Å². The summed E-state index contributed by atoms with van der Waals surface area (Å²) in [5.74, 6) is 0. The van der Waals surface area contributed by atoms with E-state index < -0.39 is 5.72 Å². The van der Waals surface area contributed by atoms with Crippen LogP contribution in [0.25, 0.3) is 0 Å². The standard InChI is InChI=1S/C9H13NO/c11-9(10-7-4-8-10)5-2-1-3-6-9/h1-3,5,11H,4,6-8H2. The second-order valence-corrected chi connectivity index (χ2v) is 3.21. The fourth-order valence-corrected chi connectivity index (χ4v) is 1.54. The number of rotatable bonds is 1. The lowest BCUT2D eigenvalue weighted by Gasteiger charge is -2.43. The van der Waals surface area contributed by atoms with Gasteiger partial charge in [0.05, 0.1) is 0 Å². The lowest BCUT2D eigenvalue weighted by Crippen LogP contribution is -2.54. The molecule has 0 bridgehead atoms. The summed E-state index contributed by atoms with van der Waals surface area (Å²) in [6.45, 7) is 2.07. The Kier molecular flexibility index (Phi) is 1.59. The van der Waals surface area contributed by atoms with Gasteiger partial charge in [0, 0.05) is 19.5 Å². The highest BCUT2D eigenvalue weighted by Gasteiger charge is 2.34. The molecule has 1 saturated heterocycles. The quantitative estimate of drug-likeness (QED) is 0.601. The van der Waals surface area contributed by atoms with Crippen molar-refractivity contribution in [1.29, 1.82) is 0 Å². The van der Waals surface area contributed by atoms with Crippen LogP contribution in [0.1, 0.15) is 12.8 Å². The van der Waals surface area contributed by atoms with Crippen molar-refractivity contribution in [1.82, 2.24) is 4.90 Å². The molecular weight excluding hydrogens is 138 g/mol. The molecule has 2 rings (SSSR count). The van der Waals surface area contributed by atoms with E-state index in [4.69, 9.17) is 0 Å². The predicted octanol–water partition coefficient (Wildman–Crippen LogP) is 0.897. The SMILES string of the molecule is OC1(N2CCC2)C=CC=CC1. The molecule has 2 aliphatic rings. The van der Waals surface area contributed by atoms with Gasteiger partial charge in [0.1, 0.15) is 5.72 Å². The Balaban J connectivity index is 2.08. The summed E-state index contributed by atoms with van der Waals surface area (Å²) >= 11 is 0. The van der Waals surface area contributed by atoms with Crippen LogP contribution in [-0.4, -0.2) is 28.8 Å². The van der Waals surface area contributed by atoms with Crippen LogP contribution in [0, 0.1) is 0 Å². The third kappa shape index (κ3) is 1.12. The van der Waals surface area contributed by atoms with Gasteiger partial charge >= 0.3 is 0 Å². The van der Waals surface area contributed by atoms with Crippen LogP contribution in [0.2, 0.25) is 0 Å². The normalized spacial score (nSPS) is 37.2. The third-order valence-corrected chi connectivity index (χ3v) is 2.43. The van der Waals surface area contributed by atoms with Crippen molar-refractivity contribution in [2.45, 2.75) is 18.6 Å². The van der Waals surface area contributed by atoms with Crippen LogP contribution in [-0.2, 0) is 0 Å². The van der Waals surface area contributed by atoms with Crippen molar-refractivity contribution >= 4 is 0 Å². The molecule has 0 amide bonds. The smallest absolute Gasteiger partial charge is 0.141 e. The highest BCUT2D eigenvalue weighted by Crippen LogP contribution is 2.26. The van der Waals surface area contributed by atoms with Gasteiger partial charge in [-0.05, 0) is 12.5 Å². The van der Waals surface area contributed by atoms with Crippen LogP contribution >= 0.6 is 0 Å². The lowest BCUT2D eigenvalue weighted by atomic mass is 9.99. The summed E-state index contributed by atoms with van der Waals surface area (Å²) in [5, 5.41) is 9.98. The monoisotopic (exact) mass is 151 g/mol. The Bertz CT molecular complexity index is 206. The molecule has 2 nitrogen and oxygen atoms in total. The van der Waals surface area contributed by atoms with Gasteiger partial charge in [-0.15, -0.1) is 0 Å². The number of hydrogen-bond acceptors (Lipinski definition) is 2. The Morgan fingerprint density at radius 1 is 1.27 bits per heavy atom. The molecule has 0 aromatic rings. The second-order valence-electron chi connectivity index (χ2n) is 3.21. The van der Waals surface area contributed by atoms with E-state index in [1.54, 1.807) is 0 Å². The first-order valence-electron chi connectivity index (χ1n) is 4.13. The number of hydrogen-bond donors (Lipinski definition) is 1. The topological polar surface area (TPSA) is 23.5 Å². The van der Waals surface area contributed by atoms with Crippen molar-refractivity contribution in [3.05, 3.63) is 24.3 Å². The van der Waals surface area contributed by atoms with Crippen molar-refractivity contribution in [2.75, 3.05) is 13.1 Å². The average Bonchev–Trinajstić information content (AvgIpc) is 1.83. The van der Waals surface area contributed by atoms with Crippen molar-refractivity contribution in [3.8, 4) is 0 Å². The summed E-state index contributed by atoms with van der Waals surface area (Å²) in [4.78, 5) is 2.10. The highest BCUT2D eigenvalue weighted by molar-refractivity contribution is 5.17. The van der Waals surface area contributed by atoms with Gasteiger partial charge in [-0.1, -0.05) is 18.2 Å². The first kappa shape index (κ1) is 7.07. The van der Waals surface area contributed by atoms with Crippen LogP contribution in [0.4, 0.5) is 0 Å². The highest BCUT2D eigenvalue weighted by atomic mass is 16.3. The molecule has 0 aromatic carbocycles. The molecule has 0 radical (unpaired) electrons. The van der Waals surface area contributed by atoms with Crippen LogP contribution < -0.4 is 0 Å². The molecule has 1 fully saturated rings. The van der Waals surface area contributed by atoms with E-state index in [0.29, 0.717) is 0 Å². The molecule has 0 saturated carbocycles. The molecule has 1 atom stereocenters. The summed E-state index contributed by atoms with van der Waals surface area (Å²) in [5.41, 5.74) is -0.660. The summed E-state index contributed by atoms with van der Waals surface area (Å²) < 4.78 is 0. The molecule has 0 spiro atoms. The van der Waals surface area contributed by atoms with Gasteiger partial charge in [0.25, 0.3) is 0 Å². The minimum absolute atomic E-state index is 0.660. The summed E-state index contributed by atoms with van der Waals surface area (Å²) in [7, 11) is 0. The fourth-order valence-electron chi connectivity index (χ4n) is 1.54. The molecule has 1 aliphatic heterocycles. The average molecular weight is 151 g/mol. The molecule has 0 aromatic heterocycles. The van der Waals surface area contributed by atoms with Crippen molar-refractivity contribution in [3.63, 3.8) is 0 Å². The number of nitrogens with zero attached hydrogens (tertiary/aromatic N) is 1. The van der Waals surface area contributed by atoms with Crippen LogP contribution in [0.5, 0.6) is 0 Å². The number of likely N-dealkylation sites (tertiary alicyclic amines) is 1. The Morgan fingerprint density at radius 2 is 2.09 bits per heavy atom. The molecule has 1 unspecified atom stereocenters. The molecule has 1 N–H and O–H groups in total. The summed E-state index contributed by atoms with van der Waals surface area (Å²) in [6.07, 6.45) is 9.75. The first-order chi connectivity index (χ1) is 5.31. The van der Waals surface area contributed by atoms with Gasteiger partial charge in [0.15, 0.2) is 0 Å². The molecule has 1 heterocycles. The molecule has 11 heavy (non-hydrogen) atoms. The zero-order chi connectivity index (χ0) is 7.73. The van der Waals surface area contributed by atoms with Gasteiger partial charge in [-0.3, -0.25) is 4.90 Å². The van der Waals surface area contributed by atoms with Gasteiger partial charge < -0.3 is 5.11 Å². The number of allylic oxidation sites excluding steroid dienone is 2. The van der Waals surface area contributed by atoms with Gasteiger partial charge in [0.2, 0.25) is 0 Å². The zero-order valence-electron chi connectivity index (χ0n) is 6.53. The number of aliphatic hydroxyl groups is 1. The molecule has 60 valence electrons. The Hall–Kier alpha value is -0.600. The third-order valence-electron chi connectivity index (χ3n) is 2.43. The first-order valence-corrected chi connectivity index (χ1v) is 4.13. The van der Waals surface area contributed by atoms with Crippen molar-refractivity contribution < 1.29 is 5.11 Å². The van der Waals surface area contributed by atoms with E-state index in [0.717, 1.165) is 19.5 Å². The van der Waals surface area contributed by atoms with E-state index in [9.17, 15) is 5.11 Å². The minimum Gasteiger partial charge on any atom is -0.372 e. The van der Waals surface area contributed by atoms with E-state index in [1.807, 2.05) is 24.3 Å². The molecule has 1 aliphatic carbocycles. The Labute approximate surface area is 66.8 Å². The van der Waals surface area contributed by atoms with E-state index in [1.165, 1.54) is 6.42 Å².